The molecule has 0 spiro atoms. The minimum atomic E-state index is -2.23. The smallest absolute Gasteiger partial charge is 0.133 e. The highest BCUT2D eigenvalue weighted by Crippen LogP contribution is 2.26. The van der Waals surface area contributed by atoms with E-state index in [9.17, 15) is 4.79 Å². The summed E-state index contributed by atoms with van der Waals surface area (Å²) in [5.74, 6) is -2.52. The molecule has 10 heavy (non-hydrogen) atoms. The van der Waals surface area contributed by atoms with Gasteiger partial charge in [-0.15, -0.1) is 0 Å². The summed E-state index contributed by atoms with van der Waals surface area (Å²) in [4.78, 5) is 11.4. The lowest BCUT2D eigenvalue weighted by Crippen LogP contribution is -2.21. The molecule has 0 aromatic carbocycles. The number of nitriles is 1. The summed E-state index contributed by atoms with van der Waals surface area (Å²) >= 11 is 0. The second-order valence-corrected chi connectivity index (χ2v) is 2.38. The fourth-order valence-electron chi connectivity index (χ4n) is 0.895. The molecule has 0 radical (unpaired) electrons. The Morgan fingerprint density at radius 2 is 2.60 bits per heavy atom. The van der Waals surface area contributed by atoms with Crippen molar-refractivity contribution in [1.82, 2.24) is 0 Å². The van der Waals surface area contributed by atoms with Crippen LogP contribution in [-0.2, 0) is 4.79 Å². The van der Waals surface area contributed by atoms with Crippen LogP contribution in [0.1, 0.15) is 31.6 Å². The van der Waals surface area contributed by atoms with Crippen molar-refractivity contribution in [2.24, 2.45) is 11.8 Å². The highest BCUT2D eigenvalue weighted by Gasteiger charge is 2.25. The number of ketones is 1. The van der Waals surface area contributed by atoms with Crippen molar-refractivity contribution in [1.29, 1.82) is 5.26 Å². The molecule has 0 heterocycles. The molecule has 2 nitrogen and oxygen atoms in total. The summed E-state index contributed by atoms with van der Waals surface area (Å²) < 4.78 is 29.6. The third-order valence-electron chi connectivity index (χ3n) is 1.61. The van der Waals surface area contributed by atoms with Crippen molar-refractivity contribution < 1.29 is 10.3 Å². The van der Waals surface area contributed by atoms with Gasteiger partial charge in [0, 0.05) is 24.1 Å². The second kappa shape index (κ2) is 2.83. The maximum Gasteiger partial charge on any atom is 0.133 e. The Balaban J connectivity index is 3.11. The molecule has 1 aliphatic carbocycles. The van der Waals surface area contributed by atoms with Crippen molar-refractivity contribution >= 4 is 5.78 Å². The van der Waals surface area contributed by atoms with Crippen LogP contribution in [-0.4, -0.2) is 5.78 Å². The average molecular weight is 141 g/mol. The predicted octanol–water partition coefficient (Wildman–Crippen LogP) is 1.52. The summed E-state index contributed by atoms with van der Waals surface area (Å²) in [7, 11) is 0. The van der Waals surface area contributed by atoms with E-state index in [4.69, 9.17) is 10.7 Å². The van der Waals surface area contributed by atoms with E-state index in [1.807, 2.05) is 6.07 Å². The molecule has 0 saturated heterocycles. The molecule has 2 heteroatoms. The number of Topliss-reactive ketones (excluding diaryl/α,β-unsaturated/α-hetero) is 1. The number of carbonyl (C=O) groups excluding carboxylic acids is 1. The maximum absolute atomic E-state index is 11.4. The topological polar surface area (TPSA) is 40.9 Å². The van der Waals surface area contributed by atoms with Crippen molar-refractivity contribution in [2.45, 2.75) is 26.1 Å². The van der Waals surface area contributed by atoms with E-state index >= 15 is 0 Å². The molecular weight excluding hydrogens is 126 g/mol. The second-order valence-electron chi connectivity index (χ2n) is 2.38. The number of carbonyl (C=O) groups is 1. The molecule has 2 atom stereocenters. The van der Waals surface area contributed by atoms with Crippen LogP contribution in [0.3, 0.4) is 0 Å². The molecule has 1 aliphatic rings. The Kier molecular flexibility index (Phi) is 0.996. The fraction of sp³-hybridized carbons (Fsp3) is 0.750. The van der Waals surface area contributed by atoms with Gasteiger partial charge in [0.2, 0.25) is 0 Å². The number of rotatable bonds is 0. The van der Waals surface area contributed by atoms with E-state index in [0.29, 0.717) is 0 Å². The molecule has 0 bridgehead atoms. The average Bonchev–Trinajstić information content (AvgIpc) is 2.09. The van der Waals surface area contributed by atoms with Gasteiger partial charge in [-0.1, -0.05) is 6.92 Å². The van der Waals surface area contributed by atoms with Crippen LogP contribution in [0.5, 0.6) is 0 Å². The lowest BCUT2D eigenvalue weighted by Gasteiger charge is -2.21. The Labute approximate surface area is 66.5 Å². The molecule has 0 aromatic rings. The fourth-order valence-corrected chi connectivity index (χ4v) is 0.895. The first-order valence-corrected chi connectivity index (χ1v) is 3.18. The zero-order valence-electron chi connectivity index (χ0n) is 9.72. The van der Waals surface area contributed by atoms with E-state index in [2.05, 4.69) is 0 Å². The SMILES string of the molecule is [2H]C1([2H])C[C@H](C#N)[C@@H](C)C([2H])([2H])C1=O. The van der Waals surface area contributed by atoms with E-state index < -0.39 is 30.4 Å². The van der Waals surface area contributed by atoms with Gasteiger partial charge in [-0.25, -0.2) is 0 Å². The lowest BCUT2D eigenvalue weighted by atomic mass is 9.81. The summed E-state index contributed by atoms with van der Waals surface area (Å²) in [5, 5.41) is 8.72. The normalized spacial score (nSPS) is 49.4. The van der Waals surface area contributed by atoms with Crippen LogP contribution in [0.25, 0.3) is 0 Å². The molecule has 0 N–H and O–H groups in total. The van der Waals surface area contributed by atoms with E-state index in [-0.39, 0.29) is 6.42 Å². The minimum Gasteiger partial charge on any atom is -0.300 e. The molecule has 0 aliphatic heterocycles. The van der Waals surface area contributed by atoms with E-state index in [0.717, 1.165) is 0 Å². The zero-order chi connectivity index (χ0) is 11.1. The highest BCUT2D eigenvalue weighted by atomic mass is 16.1. The highest BCUT2D eigenvalue weighted by molar-refractivity contribution is 5.79. The summed E-state index contributed by atoms with van der Waals surface area (Å²) in [6.45, 7) is 1.47. The maximum atomic E-state index is 11.4. The molecule has 1 saturated carbocycles. The first kappa shape index (κ1) is 3.52. The van der Waals surface area contributed by atoms with Crippen molar-refractivity contribution in [3.05, 3.63) is 0 Å². The van der Waals surface area contributed by atoms with Gasteiger partial charge in [0.1, 0.15) is 5.78 Å². The van der Waals surface area contributed by atoms with Crippen molar-refractivity contribution in [3.8, 4) is 6.07 Å². The van der Waals surface area contributed by atoms with Crippen LogP contribution in [0.15, 0.2) is 0 Å². The van der Waals surface area contributed by atoms with Crippen molar-refractivity contribution in [3.63, 3.8) is 0 Å². The quantitative estimate of drug-likeness (QED) is 0.513. The lowest BCUT2D eigenvalue weighted by molar-refractivity contribution is -0.121. The van der Waals surface area contributed by atoms with Crippen molar-refractivity contribution in [2.75, 3.05) is 0 Å². The van der Waals surface area contributed by atoms with Gasteiger partial charge >= 0.3 is 0 Å². The van der Waals surface area contributed by atoms with Crippen LogP contribution in [0.4, 0.5) is 0 Å². The first-order chi connectivity index (χ1) is 6.23. The minimum absolute atomic E-state index is 0.205. The first-order valence-electron chi connectivity index (χ1n) is 5.18. The Bertz CT molecular complexity index is 307. The standard InChI is InChI=1S/C8H11NO/c1-6-4-8(10)3-2-7(6)5-9/h6-7H,2-4H2,1H3/t6-,7+/m0/s1/i3D2,4D2. The Hall–Kier alpha value is -0.840. The number of hydrogen-bond acceptors (Lipinski definition) is 2. The molecule has 0 unspecified atom stereocenters. The number of hydrogen-bond donors (Lipinski definition) is 0. The van der Waals surface area contributed by atoms with Gasteiger partial charge in [0.15, 0.2) is 0 Å². The molecule has 1 fully saturated rings. The van der Waals surface area contributed by atoms with Gasteiger partial charge in [-0.3, -0.25) is 4.79 Å². The third kappa shape index (κ3) is 1.36. The van der Waals surface area contributed by atoms with Gasteiger partial charge in [-0.2, -0.15) is 5.26 Å². The molecule has 54 valence electrons. The van der Waals surface area contributed by atoms with Gasteiger partial charge < -0.3 is 0 Å². The Morgan fingerprint density at radius 3 is 3.20 bits per heavy atom. The third-order valence-corrected chi connectivity index (χ3v) is 1.61. The van der Waals surface area contributed by atoms with Crippen LogP contribution in [0.2, 0.25) is 0 Å². The predicted molar refractivity (Wildman–Crippen MR) is 37.1 cm³/mol. The molecular formula is C8H11NO. The van der Waals surface area contributed by atoms with Gasteiger partial charge in [-0.05, 0) is 12.3 Å². The Morgan fingerprint density at radius 1 is 1.90 bits per heavy atom. The zero-order valence-corrected chi connectivity index (χ0v) is 5.72. The van der Waals surface area contributed by atoms with E-state index in [1.165, 1.54) is 6.92 Å². The van der Waals surface area contributed by atoms with Crippen LogP contribution >= 0.6 is 0 Å². The monoisotopic (exact) mass is 141 g/mol. The molecule has 0 amide bonds. The molecule has 0 aromatic heterocycles. The summed E-state index contributed by atoms with van der Waals surface area (Å²) in [6.07, 6.45) is -4.65. The van der Waals surface area contributed by atoms with Crippen LogP contribution in [0, 0.1) is 23.2 Å². The van der Waals surface area contributed by atoms with Gasteiger partial charge in [0.25, 0.3) is 0 Å². The largest absolute Gasteiger partial charge is 0.300 e. The summed E-state index contributed by atoms with van der Waals surface area (Å²) in [6, 6.07) is 1.85. The number of nitrogens with zero attached hydrogens (tertiary/aromatic N) is 1. The molecule has 1 rings (SSSR count). The van der Waals surface area contributed by atoms with Gasteiger partial charge in [0.05, 0.1) is 6.07 Å². The van der Waals surface area contributed by atoms with E-state index in [1.54, 1.807) is 0 Å². The summed E-state index contributed by atoms with van der Waals surface area (Å²) in [5.41, 5.74) is 0. The van der Waals surface area contributed by atoms with Crippen LogP contribution < -0.4 is 0 Å².